The summed E-state index contributed by atoms with van der Waals surface area (Å²) in [5, 5.41) is 0.651. The second kappa shape index (κ2) is 4.62. The largest absolute Gasteiger partial charge is 0.228 e. The van der Waals surface area contributed by atoms with Crippen molar-refractivity contribution in [3.8, 4) is 0 Å². The number of pyridine rings is 1. The van der Waals surface area contributed by atoms with Crippen LogP contribution in [0.1, 0.15) is 24.0 Å². The van der Waals surface area contributed by atoms with Crippen molar-refractivity contribution in [1.29, 1.82) is 0 Å². The molecule has 0 aliphatic carbocycles. The fourth-order valence-corrected chi connectivity index (χ4v) is 2.01. The van der Waals surface area contributed by atoms with Gasteiger partial charge in [0, 0.05) is 22.7 Å². The van der Waals surface area contributed by atoms with E-state index in [9.17, 15) is 4.39 Å². The van der Waals surface area contributed by atoms with E-state index < -0.39 is 5.95 Å². The van der Waals surface area contributed by atoms with Crippen LogP contribution in [0.15, 0.2) is 42.6 Å². The van der Waals surface area contributed by atoms with Crippen LogP contribution in [-0.4, -0.2) is 4.98 Å². The monoisotopic (exact) mass is 235 g/mol. The molecular formula is C13H11ClFN. The van der Waals surface area contributed by atoms with Crippen molar-refractivity contribution >= 4 is 11.6 Å². The van der Waals surface area contributed by atoms with Crippen molar-refractivity contribution in [2.45, 2.75) is 12.8 Å². The Kier molecular flexibility index (Phi) is 3.20. The molecule has 0 aliphatic rings. The molecule has 1 atom stereocenters. The van der Waals surface area contributed by atoms with E-state index in [1.807, 2.05) is 31.2 Å². The van der Waals surface area contributed by atoms with Crippen molar-refractivity contribution in [3.05, 3.63) is 64.7 Å². The lowest BCUT2D eigenvalue weighted by Gasteiger charge is -2.13. The van der Waals surface area contributed by atoms with Crippen molar-refractivity contribution in [1.82, 2.24) is 4.98 Å². The zero-order valence-electron chi connectivity index (χ0n) is 8.82. The van der Waals surface area contributed by atoms with Crippen LogP contribution in [-0.2, 0) is 0 Å². The minimum Gasteiger partial charge on any atom is -0.228 e. The lowest BCUT2D eigenvalue weighted by molar-refractivity contribution is 0.560. The predicted molar refractivity (Wildman–Crippen MR) is 63.2 cm³/mol. The lowest BCUT2D eigenvalue weighted by atomic mass is 9.94. The fourth-order valence-electron chi connectivity index (χ4n) is 1.72. The molecule has 0 saturated heterocycles. The summed E-state index contributed by atoms with van der Waals surface area (Å²) in [4.78, 5) is 3.65. The summed E-state index contributed by atoms with van der Waals surface area (Å²) in [6.45, 7) is 1.92. The van der Waals surface area contributed by atoms with Gasteiger partial charge in [-0.3, -0.25) is 0 Å². The van der Waals surface area contributed by atoms with Crippen molar-refractivity contribution in [2.24, 2.45) is 0 Å². The zero-order chi connectivity index (χ0) is 11.5. The third kappa shape index (κ3) is 2.07. The van der Waals surface area contributed by atoms with E-state index >= 15 is 0 Å². The van der Waals surface area contributed by atoms with E-state index in [0.717, 1.165) is 5.56 Å². The second-order valence-electron chi connectivity index (χ2n) is 3.63. The molecule has 1 aromatic carbocycles. The molecule has 0 bridgehead atoms. The van der Waals surface area contributed by atoms with Gasteiger partial charge >= 0.3 is 0 Å². The summed E-state index contributed by atoms with van der Waals surface area (Å²) in [6, 6.07) is 10.9. The third-order valence-electron chi connectivity index (χ3n) is 2.63. The first kappa shape index (κ1) is 11.1. The molecule has 0 saturated carbocycles. The van der Waals surface area contributed by atoms with Crippen LogP contribution in [0.2, 0.25) is 5.02 Å². The standard InChI is InChI=1S/C13H11ClFN/c1-9(10-5-2-3-7-12(10)14)11-6-4-8-16-13(11)15/h2-9H,1H3. The summed E-state index contributed by atoms with van der Waals surface area (Å²) < 4.78 is 13.5. The minimum absolute atomic E-state index is 0.0950. The summed E-state index contributed by atoms with van der Waals surface area (Å²) in [7, 11) is 0. The molecule has 1 heterocycles. The maximum absolute atomic E-state index is 13.5. The first-order chi connectivity index (χ1) is 7.70. The molecule has 0 spiro atoms. The quantitative estimate of drug-likeness (QED) is 0.717. The average molecular weight is 236 g/mol. The Balaban J connectivity index is 2.44. The van der Waals surface area contributed by atoms with Gasteiger partial charge in [0.1, 0.15) is 0 Å². The molecule has 3 heteroatoms. The number of rotatable bonds is 2. The maximum Gasteiger partial charge on any atom is 0.216 e. The normalized spacial score (nSPS) is 12.4. The van der Waals surface area contributed by atoms with Gasteiger partial charge < -0.3 is 0 Å². The van der Waals surface area contributed by atoms with Gasteiger partial charge in [-0.1, -0.05) is 42.8 Å². The molecule has 1 aromatic heterocycles. The molecule has 0 aliphatic heterocycles. The van der Waals surface area contributed by atoms with Crippen LogP contribution in [0.4, 0.5) is 4.39 Å². The average Bonchev–Trinajstić information content (AvgIpc) is 2.29. The van der Waals surface area contributed by atoms with Gasteiger partial charge in [-0.15, -0.1) is 0 Å². The van der Waals surface area contributed by atoms with Crippen LogP contribution >= 0.6 is 11.6 Å². The second-order valence-corrected chi connectivity index (χ2v) is 4.03. The van der Waals surface area contributed by atoms with E-state index in [1.165, 1.54) is 6.20 Å². The molecule has 0 radical (unpaired) electrons. The highest BCUT2D eigenvalue weighted by Gasteiger charge is 2.15. The zero-order valence-corrected chi connectivity index (χ0v) is 9.58. The van der Waals surface area contributed by atoms with Gasteiger partial charge in [0.2, 0.25) is 5.95 Å². The van der Waals surface area contributed by atoms with Gasteiger partial charge in [-0.2, -0.15) is 4.39 Å². The van der Waals surface area contributed by atoms with Gasteiger partial charge in [-0.25, -0.2) is 4.98 Å². The highest BCUT2D eigenvalue weighted by atomic mass is 35.5. The third-order valence-corrected chi connectivity index (χ3v) is 2.97. The number of hydrogen-bond donors (Lipinski definition) is 0. The van der Waals surface area contributed by atoms with Crippen LogP contribution in [0.5, 0.6) is 0 Å². The maximum atomic E-state index is 13.5. The number of hydrogen-bond acceptors (Lipinski definition) is 1. The summed E-state index contributed by atoms with van der Waals surface area (Å²) >= 11 is 6.08. The highest BCUT2D eigenvalue weighted by molar-refractivity contribution is 6.31. The Labute approximate surface area is 98.9 Å². The predicted octanol–water partition coefficient (Wildman–Crippen LogP) is 4.03. The first-order valence-electron chi connectivity index (χ1n) is 5.05. The Morgan fingerprint density at radius 1 is 1.12 bits per heavy atom. The molecule has 1 nitrogen and oxygen atoms in total. The molecule has 1 unspecified atom stereocenters. The Morgan fingerprint density at radius 2 is 1.81 bits per heavy atom. The molecule has 0 amide bonds. The van der Waals surface area contributed by atoms with Gasteiger partial charge in [0.15, 0.2) is 0 Å². The van der Waals surface area contributed by atoms with Gasteiger partial charge in [0.05, 0.1) is 0 Å². The summed E-state index contributed by atoms with van der Waals surface area (Å²) in [6.07, 6.45) is 1.44. The van der Waals surface area contributed by atoms with E-state index in [2.05, 4.69) is 4.98 Å². The van der Waals surface area contributed by atoms with Crippen LogP contribution < -0.4 is 0 Å². The Hall–Kier alpha value is -1.41. The van der Waals surface area contributed by atoms with Gasteiger partial charge in [0.25, 0.3) is 0 Å². The molecule has 2 aromatic rings. The van der Waals surface area contributed by atoms with E-state index in [0.29, 0.717) is 10.6 Å². The smallest absolute Gasteiger partial charge is 0.216 e. The van der Waals surface area contributed by atoms with E-state index in [4.69, 9.17) is 11.6 Å². The molecule has 2 rings (SSSR count). The number of halogens is 2. The fraction of sp³-hybridized carbons (Fsp3) is 0.154. The molecule has 0 N–H and O–H groups in total. The topological polar surface area (TPSA) is 12.9 Å². The van der Waals surface area contributed by atoms with Crippen LogP contribution in [0.3, 0.4) is 0 Å². The van der Waals surface area contributed by atoms with Crippen molar-refractivity contribution in [2.75, 3.05) is 0 Å². The molecular weight excluding hydrogens is 225 g/mol. The Morgan fingerprint density at radius 3 is 2.50 bits per heavy atom. The van der Waals surface area contributed by atoms with E-state index in [1.54, 1.807) is 12.1 Å². The minimum atomic E-state index is -0.435. The SMILES string of the molecule is CC(c1ccccc1Cl)c1cccnc1F. The summed E-state index contributed by atoms with van der Waals surface area (Å²) in [5.41, 5.74) is 1.48. The number of nitrogens with zero attached hydrogens (tertiary/aromatic N) is 1. The summed E-state index contributed by atoms with van der Waals surface area (Å²) in [5.74, 6) is -0.530. The Bertz CT molecular complexity index is 453. The number of aromatic nitrogens is 1. The van der Waals surface area contributed by atoms with Crippen LogP contribution in [0.25, 0.3) is 0 Å². The molecule has 16 heavy (non-hydrogen) atoms. The lowest BCUT2D eigenvalue weighted by Crippen LogP contribution is -2.01. The van der Waals surface area contributed by atoms with E-state index in [-0.39, 0.29) is 5.92 Å². The highest BCUT2D eigenvalue weighted by Crippen LogP contribution is 2.30. The molecule has 0 fully saturated rings. The van der Waals surface area contributed by atoms with Gasteiger partial charge in [-0.05, 0) is 17.7 Å². The first-order valence-corrected chi connectivity index (χ1v) is 5.43. The molecule has 82 valence electrons. The van der Waals surface area contributed by atoms with Crippen molar-refractivity contribution < 1.29 is 4.39 Å². The van der Waals surface area contributed by atoms with Crippen molar-refractivity contribution in [3.63, 3.8) is 0 Å². The number of benzene rings is 1. The van der Waals surface area contributed by atoms with Crippen LogP contribution in [0, 0.1) is 5.95 Å².